The molecule has 3 fully saturated rings. The molecule has 0 saturated carbocycles. The molecule has 6 nitrogen and oxygen atoms in total. The SMILES string of the molecule is CN1CC2(CCN(C(=O)COc3ccccc3)CC2)CC1CN1CCOCC1. The van der Waals surface area contributed by atoms with E-state index in [1.807, 2.05) is 35.2 Å². The van der Waals surface area contributed by atoms with Crippen LogP contribution in [0.25, 0.3) is 0 Å². The van der Waals surface area contributed by atoms with Crippen LogP contribution in [-0.4, -0.2) is 92.8 Å². The first-order valence-electron chi connectivity index (χ1n) is 10.6. The van der Waals surface area contributed by atoms with E-state index in [2.05, 4.69) is 16.8 Å². The Hall–Kier alpha value is -1.63. The molecule has 0 N–H and O–H groups in total. The summed E-state index contributed by atoms with van der Waals surface area (Å²) in [6.07, 6.45) is 3.46. The minimum atomic E-state index is 0.106. The Morgan fingerprint density at radius 1 is 1.14 bits per heavy atom. The van der Waals surface area contributed by atoms with E-state index in [9.17, 15) is 4.79 Å². The molecule has 3 heterocycles. The van der Waals surface area contributed by atoms with E-state index >= 15 is 0 Å². The van der Waals surface area contributed by atoms with Gasteiger partial charge < -0.3 is 19.3 Å². The van der Waals surface area contributed by atoms with Crippen molar-refractivity contribution in [3.05, 3.63) is 30.3 Å². The Kier molecular flexibility index (Phi) is 6.19. The van der Waals surface area contributed by atoms with E-state index in [0.717, 1.165) is 71.1 Å². The third-order valence-electron chi connectivity index (χ3n) is 6.73. The lowest BCUT2D eigenvalue weighted by Gasteiger charge is -2.39. The van der Waals surface area contributed by atoms with Crippen LogP contribution in [0, 0.1) is 5.41 Å². The number of morpholine rings is 1. The van der Waals surface area contributed by atoms with Crippen molar-refractivity contribution in [2.75, 3.05) is 66.1 Å². The quantitative estimate of drug-likeness (QED) is 0.770. The second kappa shape index (κ2) is 8.80. The third kappa shape index (κ3) is 4.67. The molecular weight excluding hydrogens is 354 g/mol. The zero-order valence-corrected chi connectivity index (χ0v) is 17.0. The highest BCUT2D eigenvalue weighted by Crippen LogP contribution is 2.43. The Morgan fingerprint density at radius 3 is 2.57 bits per heavy atom. The molecule has 0 aliphatic carbocycles. The first-order valence-corrected chi connectivity index (χ1v) is 10.6. The number of hydrogen-bond donors (Lipinski definition) is 0. The van der Waals surface area contributed by atoms with Crippen LogP contribution in [0.1, 0.15) is 19.3 Å². The number of rotatable bonds is 5. The first kappa shape index (κ1) is 19.7. The van der Waals surface area contributed by atoms with E-state index in [-0.39, 0.29) is 12.5 Å². The largest absolute Gasteiger partial charge is 0.484 e. The molecule has 0 bridgehead atoms. The maximum atomic E-state index is 12.5. The number of carbonyl (C=O) groups is 1. The minimum Gasteiger partial charge on any atom is -0.484 e. The highest BCUT2D eigenvalue weighted by atomic mass is 16.5. The predicted octanol–water partition coefficient (Wildman–Crippen LogP) is 1.71. The molecule has 1 aromatic carbocycles. The zero-order chi connectivity index (χ0) is 19.4. The van der Waals surface area contributed by atoms with Crippen LogP contribution in [0.3, 0.4) is 0 Å². The van der Waals surface area contributed by atoms with Gasteiger partial charge >= 0.3 is 0 Å². The Bertz CT molecular complexity index is 640. The lowest BCUT2D eigenvalue weighted by Crippen LogP contribution is -2.45. The number of benzene rings is 1. The lowest BCUT2D eigenvalue weighted by atomic mass is 9.76. The summed E-state index contributed by atoms with van der Waals surface area (Å²) in [5.74, 6) is 0.864. The molecule has 3 aliphatic heterocycles. The third-order valence-corrected chi connectivity index (χ3v) is 6.73. The number of amides is 1. The molecule has 154 valence electrons. The van der Waals surface area contributed by atoms with Crippen molar-refractivity contribution >= 4 is 5.91 Å². The van der Waals surface area contributed by atoms with Gasteiger partial charge in [0.1, 0.15) is 5.75 Å². The molecule has 4 rings (SSSR count). The molecule has 6 heteroatoms. The number of ether oxygens (including phenoxy) is 2. The molecular formula is C22H33N3O3. The molecule has 1 amide bonds. The van der Waals surface area contributed by atoms with Crippen LogP contribution >= 0.6 is 0 Å². The summed E-state index contributed by atoms with van der Waals surface area (Å²) in [5.41, 5.74) is 0.378. The van der Waals surface area contributed by atoms with Gasteiger partial charge in [0.15, 0.2) is 6.61 Å². The van der Waals surface area contributed by atoms with Crippen LogP contribution in [0.15, 0.2) is 30.3 Å². The molecule has 28 heavy (non-hydrogen) atoms. The predicted molar refractivity (Wildman–Crippen MR) is 108 cm³/mol. The zero-order valence-electron chi connectivity index (χ0n) is 17.0. The number of nitrogens with zero attached hydrogens (tertiary/aromatic N) is 3. The highest BCUT2D eigenvalue weighted by Gasteiger charge is 2.45. The summed E-state index contributed by atoms with van der Waals surface area (Å²) >= 11 is 0. The number of hydrogen-bond acceptors (Lipinski definition) is 5. The van der Waals surface area contributed by atoms with Gasteiger partial charge in [-0.25, -0.2) is 0 Å². The molecule has 0 aromatic heterocycles. The number of piperidine rings is 1. The number of likely N-dealkylation sites (tertiary alicyclic amines) is 2. The average molecular weight is 388 g/mol. The van der Waals surface area contributed by atoms with Crippen LogP contribution in [-0.2, 0) is 9.53 Å². The van der Waals surface area contributed by atoms with Crippen molar-refractivity contribution < 1.29 is 14.3 Å². The smallest absolute Gasteiger partial charge is 0.260 e. The van der Waals surface area contributed by atoms with E-state index in [1.165, 1.54) is 6.42 Å². The number of likely N-dealkylation sites (N-methyl/N-ethyl adjacent to an activating group) is 1. The van der Waals surface area contributed by atoms with Crippen LogP contribution in [0.4, 0.5) is 0 Å². The topological polar surface area (TPSA) is 45.2 Å². The normalized spacial score (nSPS) is 25.9. The lowest BCUT2D eigenvalue weighted by molar-refractivity contribution is -0.135. The van der Waals surface area contributed by atoms with Gasteiger partial charge in [-0.3, -0.25) is 9.69 Å². The molecule has 1 spiro atoms. The summed E-state index contributed by atoms with van der Waals surface area (Å²) in [6.45, 7) is 8.00. The summed E-state index contributed by atoms with van der Waals surface area (Å²) in [5, 5.41) is 0. The highest BCUT2D eigenvalue weighted by molar-refractivity contribution is 5.77. The van der Waals surface area contributed by atoms with Gasteiger partial charge in [-0.1, -0.05) is 18.2 Å². The first-order chi connectivity index (χ1) is 13.6. The van der Waals surface area contributed by atoms with Gasteiger partial charge in [0.05, 0.1) is 13.2 Å². The average Bonchev–Trinajstić information content (AvgIpc) is 3.02. The van der Waals surface area contributed by atoms with Crippen LogP contribution in [0.5, 0.6) is 5.75 Å². The van der Waals surface area contributed by atoms with Crippen molar-refractivity contribution in [1.82, 2.24) is 14.7 Å². The molecule has 3 aliphatic rings. The number of para-hydroxylation sites is 1. The summed E-state index contributed by atoms with van der Waals surface area (Å²) in [7, 11) is 2.27. The Morgan fingerprint density at radius 2 is 1.86 bits per heavy atom. The van der Waals surface area contributed by atoms with Crippen molar-refractivity contribution in [3.63, 3.8) is 0 Å². The maximum absolute atomic E-state index is 12.5. The maximum Gasteiger partial charge on any atom is 0.260 e. The number of carbonyl (C=O) groups excluding carboxylic acids is 1. The van der Waals surface area contributed by atoms with E-state index in [0.29, 0.717) is 11.5 Å². The van der Waals surface area contributed by atoms with Gasteiger partial charge in [0, 0.05) is 45.3 Å². The summed E-state index contributed by atoms with van der Waals surface area (Å²) < 4.78 is 11.1. The van der Waals surface area contributed by atoms with E-state index in [1.54, 1.807) is 0 Å². The van der Waals surface area contributed by atoms with Crippen molar-refractivity contribution in [1.29, 1.82) is 0 Å². The fourth-order valence-electron chi connectivity index (χ4n) is 5.01. The molecule has 1 aromatic rings. The van der Waals surface area contributed by atoms with Gasteiger partial charge in [-0.05, 0) is 43.9 Å². The van der Waals surface area contributed by atoms with Gasteiger partial charge in [-0.2, -0.15) is 0 Å². The Labute approximate surface area is 168 Å². The van der Waals surface area contributed by atoms with Gasteiger partial charge in [-0.15, -0.1) is 0 Å². The van der Waals surface area contributed by atoms with Crippen molar-refractivity contribution in [3.8, 4) is 5.75 Å². The fraction of sp³-hybridized carbons (Fsp3) is 0.682. The van der Waals surface area contributed by atoms with Crippen molar-refractivity contribution in [2.24, 2.45) is 5.41 Å². The van der Waals surface area contributed by atoms with E-state index in [4.69, 9.17) is 9.47 Å². The Balaban J connectivity index is 1.24. The van der Waals surface area contributed by atoms with Crippen molar-refractivity contribution in [2.45, 2.75) is 25.3 Å². The van der Waals surface area contributed by atoms with Crippen LogP contribution in [0.2, 0.25) is 0 Å². The monoisotopic (exact) mass is 387 g/mol. The van der Waals surface area contributed by atoms with Gasteiger partial charge in [0.25, 0.3) is 5.91 Å². The van der Waals surface area contributed by atoms with Gasteiger partial charge in [0.2, 0.25) is 0 Å². The second-order valence-corrected chi connectivity index (χ2v) is 8.67. The molecule has 1 atom stereocenters. The van der Waals surface area contributed by atoms with Crippen LogP contribution < -0.4 is 4.74 Å². The standard InChI is InChI=1S/C22H33N3O3/c1-23-18-22(15-19(23)16-24-11-13-27-14-12-24)7-9-25(10-8-22)21(26)17-28-20-5-3-2-4-6-20/h2-6,19H,7-18H2,1H3. The van der Waals surface area contributed by atoms with E-state index < -0.39 is 0 Å². The molecule has 0 radical (unpaired) electrons. The molecule has 3 saturated heterocycles. The summed E-state index contributed by atoms with van der Waals surface area (Å²) in [6, 6.07) is 10.2. The fourth-order valence-corrected chi connectivity index (χ4v) is 5.01. The molecule has 1 unspecified atom stereocenters. The minimum absolute atomic E-state index is 0.106. The second-order valence-electron chi connectivity index (χ2n) is 8.67. The summed E-state index contributed by atoms with van der Waals surface area (Å²) in [4.78, 5) is 19.6.